The van der Waals surface area contributed by atoms with Gasteiger partial charge >= 0.3 is 12.3 Å². The Kier molecular flexibility index (Phi) is 6.80. The fourth-order valence-corrected chi connectivity index (χ4v) is 3.93. The van der Waals surface area contributed by atoms with Crippen molar-refractivity contribution in [1.29, 1.82) is 0 Å². The molecule has 1 aliphatic rings. The van der Waals surface area contributed by atoms with Crippen LogP contribution in [0.25, 0.3) is 5.69 Å². The lowest BCUT2D eigenvalue weighted by Crippen LogP contribution is -2.43. The number of carboxylic acids is 1. The van der Waals surface area contributed by atoms with Crippen molar-refractivity contribution in [2.75, 3.05) is 4.90 Å². The summed E-state index contributed by atoms with van der Waals surface area (Å²) in [6, 6.07) is 4.55. The Morgan fingerprint density at radius 1 is 1.16 bits per heavy atom. The number of carbonyl (C=O) groups is 2. The lowest BCUT2D eigenvalue weighted by atomic mass is 9.82. The van der Waals surface area contributed by atoms with Crippen molar-refractivity contribution in [3.63, 3.8) is 0 Å². The largest absolute Gasteiger partial charge is 0.573 e. The molecule has 1 amide bonds. The molecule has 1 N–H and O–H groups in total. The molecule has 0 saturated heterocycles. The second-order valence-electron chi connectivity index (χ2n) is 8.42. The molecule has 0 radical (unpaired) electrons. The summed E-state index contributed by atoms with van der Waals surface area (Å²) in [5.74, 6) is -1.43. The van der Waals surface area contributed by atoms with Gasteiger partial charge in [0.25, 0.3) is 0 Å². The van der Waals surface area contributed by atoms with Gasteiger partial charge in [-0.25, -0.2) is 9.48 Å². The number of aromatic nitrogens is 2. The van der Waals surface area contributed by atoms with Crippen LogP contribution in [0, 0.1) is 11.8 Å². The lowest BCUT2D eigenvalue weighted by molar-refractivity contribution is -0.274. The van der Waals surface area contributed by atoms with E-state index in [4.69, 9.17) is 0 Å². The molecule has 0 unspecified atom stereocenters. The third-order valence-electron chi connectivity index (χ3n) is 5.61. The highest BCUT2D eigenvalue weighted by atomic mass is 19.4. The molecule has 1 heterocycles. The predicted molar refractivity (Wildman–Crippen MR) is 111 cm³/mol. The maximum absolute atomic E-state index is 13.3. The van der Waals surface area contributed by atoms with E-state index in [9.17, 15) is 27.9 Å². The Balaban J connectivity index is 1.93. The van der Waals surface area contributed by atoms with Crippen LogP contribution in [-0.2, 0) is 4.79 Å². The fraction of sp³-hybridized carbons (Fsp3) is 0.500. The second kappa shape index (κ2) is 9.22. The summed E-state index contributed by atoms with van der Waals surface area (Å²) in [5, 5.41) is 14.1. The number of aromatic carboxylic acids is 1. The van der Waals surface area contributed by atoms with Crippen molar-refractivity contribution in [1.82, 2.24) is 9.78 Å². The Labute approximate surface area is 183 Å². The van der Waals surface area contributed by atoms with Gasteiger partial charge in [0, 0.05) is 18.2 Å². The van der Waals surface area contributed by atoms with Crippen LogP contribution in [0.4, 0.5) is 19.0 Å². The second-order valence-corrected chi connectivity index (χ2v) is 8.42. The van der Waals surface area contributed by atoms with Gasteiger partial charge in [-0.2, -0.15) is 0 Å². The number of hydrogen-bond donors (Lipinski definition) is 1. The van der Waals surface area contributed by atoms with Crippen molar-refractivity contribution in [3.05, 3.63) is 36.0 Å². The number of rotatable bonds is 6. The fourth-order valence-electron chi connectivity index (χ4n) is 3.93. The Bertz CT molecular complexity index is 962. The average molecular weight is 453 g/mol. The number of ether oxygens (including phenoxy) is 1. The molecule has 0 atom stereocenters. The molecule has 2 aromatic rings. The van der Waals surface area contributed by atoms with Gasteiger partial charge in [0.15, 0.2) is 5.82 Å². The summed E-state index contributed by atoms with van der Waals surface area (Å²) in [6.45, 7) is 5.73. The number of anilines is 1. The topological polar surface area (TPSA) is 84.7 Å². The van der Waals surface area contributed by atoms with E-state index in [1.807, 2.05) is 0 Å². The number of halogens is 3. The summed E-state index contributed by atoms with van der Waals surface area (Å²) in [7, 11) is 0. The van der Waals surface area contributed by atoms with Crippen LogP contribution in [0.1, 0.15) is 56.8 Å². The molecule has 0 bridgehead atoms. The minimum absolute atomic E-state index is 0.0201. The van der Waals surface area contributed by atoms with Gasteiger partial charge < -0.3 is 9.84 Å². The molecule has 32 heavy (non-hydrogen) atoms. The van der Waals surface area contributed by atoms with Crippen LogP contribution < -0.4 is 9.64 Å². The first-order valence-electron chi connectivity index (χ1n) is 10.5. The molecule has 174 valence electrons. The number of carbonyl (C=O) groups excluding carboxylic acids is 1. The van der Waals surface area contributed by atoms with E-state index in [0.717, 1.165) is 37.8 Å². The van der Waals surface area contributed by atoms with E-state index in [-0.39, 0.29) is 29.2 Å². The van der Waals surface area contributed by atoms with Gasteiger partial charge in [-0.15, -0.1) is 18.3 Å². The Hall–Kier alpha value is -3.04. The van der Waals surface area contributed by atoms with Crippen molar-refractivity contribution < 1.29 is 32.6 Å². The molecule has 3 rings (SSSR count). The van der Waals surface area contributed by atoms with Crippen LogP contribution in [0.2, 0.25) is 0 Å². The summed E-state index contributed by atoms with van der Waals surface area (Å²) < 4.78 is 42.2. The molecule has 0 spiro atoms. The van der Waals surface area contributed by atoms with Gasteiger partial charge in [0.05, 0.1) is 5.69 Å². The van der Waals surface area contributed by atoms with Gasteiger partial charge in [-0.3, -0.25) is 9.69 Å². The zero-order valence-electron chi connectivity index (χ0n) is 18.1. The van der Waals surface area contributed by atoms with Crippen LogP contribution in [0.5, 0.6) is 5.75 Å². The Morgan fingerprint density at radius 2 is 1.75 bits per heavy atom. The maximum Gasteiger partial charge on any atom is 0.573 e. The first kappa shape index (κ1) is 23.6. The van der Waals surface area contributed by atoms with Gasteiger partial charge in [0.1, 0.15) is 11.3 Å². The average Bonchev–Trinajstić information content (AvgIpc) is 3.13. The van der Waals surface area contributed by atoms with Gasteiger partial charge in [0.2, 0.25) is 5.91 Å². The van der Waals surface area contributed by atoms with E-state index in [2.05, 4.69) is 16.8 Å². The SMILES string of the molecule is CC(C)N(c1nn(-c2ccc(OC(F)(F)F)cc2)cc1C(=O)O)C(=O)[C@H]1CC[C@H](C)CC1. The van der Waals surface area contributed by atoms with E-state index in [1.54, 1.807) is 13.8 Å². The quantitative estimate of drug-likeness (QED) is 0.663. The number of carboxylic acid groups (broad SMARTS) is 1. The highest BCUT2D eigenvalue weighted by molar-refractivity contribution is 6.01. The van der Waals surface area contributed by atoms with Crippen molar-refractivity contribution in [2.24, 2.45) is 11.8 Å². The number of hydrogen-bond acceptors (Lipinski definition) is 4. The summed E-state index contributed by atoms with van der Waals surface area (Å²) in [4.78, 5) is 26.6. The van der Waals surface area contributed by atoms with E-state index >= 15 is 0 Å². The predicted octanol–water partition coefficient (Wildman–Crippen LogP) is 5.04. The third kappa shape index (κ3) is 5.41. The lowest BCUT2D eigenvalue weighted by Gasteiger charge is -2.32. The van der Waals surface area contributed by atoms with E-state index in [0.29, 0.717) is 11.6 Å². The van der Waals surface area contributed by atoms with Gasteiger partial charge in [-0.05, 0) is 69.7 Å². The molecule has 0 aliphatic heterocycles. The number of benzene rings is 1. The molecule has 1 aromatic heterocycles. The summed E-state index contributed by atoms with van der Waals surface area (Å²) in [5.41, 5.74) is 0.169. The molecule has 1 fully saturated rings. The molecular weight excluding hydrogens is 427 g/mol. The van der Waals surface area contributed by atoms with Crippen molar-refractivity contribution >= 4 is 17.7 Å². The minimum atomic E-state index is -4.81. The monoisotopic (exact) mass is 453 g/mol. The molecule has 7 nitrogen and oxygen atoms in total. The molecular formula is C22H26F3N3O4. The molecule has 1 aliphatic carbocycles. The molecule has 1 saturated carbocycles. The van der Waals surface area contributed by atoms with Crippen LogP contribution in [-0.4, -0.2) is 39.2 Å². The molecule has 10 heteroatoms. The van der Waals surface area contributed by atoms with Gasteiger partial charge in [-0.1, -0.05) is 6.92 Å². The zero-order chi connectivity index (χ0) is 23.6. The van der Waals surface area contributed by atoms with Crippen molar-refractivity contribution in [3.8, 4) is 11.4 Å². The number of nitrogens with zero attached hydrogens (tertiary/aromatic N) is 3. The third-order valence-corrected chi connectivity index (χ3v) is 5.61. The number of amides is 1. The smallest absolute Gasteiger partial charge is 0.477 e. The summed E-state index contributed by atoms with van der Waals surface area (Å²) in [6.07, 6.45) is -0.196. The molecule has 1 aromatic carbocycles. The van der Waals surface area contributed by atoms with Crippen LogP contribution in [0.3, 0.4) is 0 Å². The maximum atomic E-state index is 13.3. The highest BCUT2D eigenvalue weighted by Crippen LogP contribution is 2.33. The number of alkyl halides is 3. The van der Waals surface area contributed by atoms with Crippen LogP contribution in [0.15, 0.2) is 30.5 Å². The first-order valence-corrected chi connectivity index (χ1v) is 10.5. The van der Waals surface area contributed by atoms with E-state index in [1.165, 1.54) is 27.9 Å². The Morgan fingerprint density at radius 3 is 2.25 bits per heavy atom. The normalized spacial score (nSPS) is 19.1. The minimum Gasteiger partial charge on any atom is -0.477 e. The standard InChI is InChI=1S/C22H26F3N3O4/c1-13(2)28(20(29)15-6-4-14(3)5-7-15)19-18(21(30)31)12-27(26-19)16-8-10-17(11-9-16)32-22(23,24)25/h8-15H,4-7H2,1-3H3,(H,30,31)/t14-,15-. The first-order chi connectivity index (χ1) is 15.0. The summed E-state index contributed by atoms with van der Waals surface area (Å²) >= 11 is 0. The highest BCUT2D eigenvalue weighted by Gasteiger charge is 2.34. The van der Waals surface area contributed by atoms with Crippen molar-refractivity contribution in [2.45, 2.75) is 58.9 Å². The zero-order valence-corrected chi connectivity index (χ0v) is 18.1. The van der Waals surface area contributed by atoms with Crippen LogP contribution >= 0.6 is 0 Å². The van der Waals surface area contributed by atoms with E-state index < -0.39 is 18.1 Å².